The van der Waals surface area contributed by atoms with E-state index in [1.165, 1.54) is 41.5 Å². The summed E-state index contributed by atoms with van der Waals surface area (Å²) in [6.45, 7) is 4.98. The molecule has 0 aliphatic heterocycles. The lowest BCUT2D eigenvalue weighted by atomic mass is 9.96. The number of pyridine rings is 1. The van der Waals surface area contributed by atoms with Gasteiger partial charge in [-0.05, 0) is 66.5 Å². The first kappa shape index (κ1) is 26.4. The number of hydrogen-bond donors (Lipinski definition) is 2. The van der Waals surface area contributed by atoms with Gasteiger partial charge in [-0.2, -0.15) is 5.10 Å². The smallest absolute Gasteiger partial charge is 0.160 e. The Kier molecular flexibility index (Phi) is 8.56. The summed E-state index contributed by atoms with van der Waals surface area (Å²) in [5.74, 6) is 6.79. The summed E-state index contributed by atoms with van der Waals surface area (Å²) in [4.78, 5) is 9.39. The number of nitrogens with zero attached hydrogens (tertiary/aromatic N) is 4. The van der Waals surface area contributed by atoms with Crippen molar-refractivity contribution < 1.29 is 4.74 Å². The number of ether oxygens (including phenoxy) is 1. The highest BCUT2D eigenvalue weighted by Crippen LogP contribution is 2.30. The molecule has 0 atom stereocenters. The van der Waals surface area contributed by atoms with Crippen molar-refractivity contribution >= 4 is 17.0 Å². The molecule has 1 aliphatic rings. The van der Waals surface area contributed by atoms with Crippen LogP contribution < -0.4 is 11.6 Å². The molecule has 5 rings (SSSR count). The Morgan fingerprint density at radius 1 is 1.05 bits per heavy atom. The average molecular weight is 499 g/mol. The summed E-state index contributed by atoms with van der Waals surface area (Å²) in [6.07, 6.45) is 6.58. The first-order valence-electron chi connectivity index (χ1n) is 13.0. The molecular formula is C30H38N6O. The second-order valence-electron chi connectivity index (χ2n) is 9.58. The molecule has 4 aromatic rings. The van der Waals surface area contributed by atoms with E-state index in [1.54, 1.807) is 7.11 Å². The highest BCUT2D eigenvalue weighted by Gasteiger charge is 2.14. The monoisotopic (exact) mass is 498 g/mol. The first-order chi connectivity index (χ1) is 18.0. The second-order valence-corrected chi connectivity index (χ2v) is 9.58. The number of benzene rings is 2. The zero-order chi connectivity index (χ0) is 26.4. The van der Waals surface area contributed by atoms with Crippen LogP contribution in [0.15, 0.2) is 53.6 Å². The molecule has 0 radical (unpaired) electrons. The third-order valence-electron chi connectivity index (χ3n) is 6.95. The molecule has 7 nitrogen and oxygen atoms in total. The van der Waals surface area contributed by atoms with Crippen LogP contribution in [0, 0.1) is 6.92 Å². The van der Waals surface area contributed by atoms with E-state index in [1.807, 2.05) is 25.2 Å². The summed E-state index contributed by atoms with van der Waals surface area (Å²) in [5, 5.41) is 3.61. The Balaban J connectivity index is 0.000000173. The summed E-state index contributed by atoms with van der Waals surface area (Å²) >= 11 is 0. The van der Waals surface area contributed by atoms with E-state index in [0.29, 0.717) is 12.4 Å². The molecule has 0 saturated heterocycles. The van der Waals surface area contributed by atoms with Crippen molar-refractivity contribution in [2.75, 3.05) is 13.7 Å². The third kappa shape index (κ3) is 5.83. The quantitative estimate of drug-likeness (QED) is 0.164. The maximum absolute atomic E-state index is 5.87. The van der Waals surface area contributed by atoms with Crippen LogP contribution in [0.25, 0.3) is 22.3 Å². The number of hydrazone groups is 1. The molecule has 0 unspecified atom stereocenters. The second kappa shape index (κ2) is 12.0. The Hall–Kier alpha value is -3.71. The maximum atomic E-state index is 5.87. The molecule has 0 bridgehead atoms. The lowest BCUT2D eigenvalue weighted by Gasteiger charge is -2.10. The van der Waals surface area contributed by atoms with Crippen LogP contribution in [0.3, 0.4) is 0 Å². The topological polar surface area (TPSA) is 104 Å². The van der Waals surface area contributed by atoms with Crippen LogP contribution in [-0.4, -0.2) is 34.1 Å². The zero-order valence-electron chi connectivity index (χ0n) is 22.4. The lowest BCUT2D eigenvalue weighted by molar-refractivity contribution is 0.201. The Morgan fingerprint density at radius 3 is 2.59 bits per heavy atom. The molecule has 1 aliphatic carbocycles. The van der Waals surface area contributed by atoms with Gasteiger partial charge >= 0.3 is 0 Å². The van der Waals surface area contributed by atoms with Crippen molar-refractivity contribution in [3.8, 4) is 11.1 Å². The molecule has 37 heavy (non-hydrogen) atoms. The van der Waals surface area contributed by atoms with E-state index in [2.05, 4.69) is 53.8 Å². The standard InChI is InChI=1S/C16H17N3.C14H21N3O/c17-16(19-18)15-7-2-1-6-14(15)13-9-8-11-4-3-5-12(11)10-13;1-5-6-12-16-13-10(2)9-11(7-8-18-4)15-14(13)17(12)3/h1-2,6-10H,3-5,18H2,(H2,17,19);9H,5-8H2,1-4H3. The van der Waals surface area contributed by atoms with Crippen molar-refractivity contribution in [1.29, 1.82) is 0 Å². The molecule has 7 heteroatoms. The fraction of sp³-hybridized carbons (Fsp3) is 0.367. The number of methoxy groups -OCH3 is 1. The Labute approximate surface area is 219 Å². The van der Waals surface area contributed by atoms with E-state index in [9.17, 15) is 0 Å². The predicted octanol–water partition coefficient (Wildman–Crippen LogP) is 4.84. The maximum Gasteiger partial charge on any atom is 0.160 e. The summed E-state index contributed by atoms with van der Waals surface area (Å²) in [6, 6.07) is 16.7. The van der Waals surface area contributed by atoms with Crippen molar-refractivity contribution in [3.63, 3.8) is 0 Å². The van der Waals surface area contributed by atoms with Gasteiger partial charge in [0.2, 0.25) is 0 Å². The van der Waals surface area contributed by atoms with Gasteiger partial charge in [-0.15, -0.1) is 0 Å². The molecule has 2 heterocycles. The van der Waals surface area contributed by atoms with Crippen LogP contribution in [0.5, 0.6) is 0 Å². The third-order valence-corrected chi connectivity index (χ3v) is 6.95. The van der Waals surface area contributed by atoms with Crippen LogP contribution >= 0.6 is 0 Å². The molecule has 0 spiro atoms. The first-order valence-corrected chi connectivity index (χ1v) is 13.0. The molecule has 0 fully saturated rings. The van der Waals surface area contributed by atoms with Crippen molar-refractivity contribution in [3.05, 3.63) is 82.3 Å². The van der Waals surface area contributed by atoms with E-state index in [-0.39, 0.29) is 0 Å². The average Bonchev–Trinajstić information content (AvgIpc) is 3.52. The Bertz CT molecular complexity index is 1400. The van der Waals surface area contributed by atoms with E-state index >= 15 is 0 Å². The highest BCUT2D eigenvalue weighted by atomic mass is 16.5. The Morgan fingerprint density at radius 2 is 1.84 bits per heavy atom. The van der Waals surface area contributed by atoms with Gasteiger partial charge in [0.05, 0.1) is 6.61 Å². The highest BCUT2D eigenvalue weighted by molar-refractivity contribution is 6.03. The van der Waals surface area contributed by atoms with Gasteiger partial charge in [0, 0.05) is 38.3 Å². The molecule has 2 aromatic heterocycles. The van der Waals surface area contributed by atoms with Crippen molar-refractivity contribution in [1.82, 2.24) is 14.5 Å². The molecule has 2 aromatic carbocycles. The van der Waals surface area contributed by atoms with Gasteiger partial charge in [-0.25, -0.2) is 9.97 Å². The minimum Gasteiger partial charge on any atom is -0.384 e. The number of aromatic nitrogens is 3. The minimum atomic E-state index is 0.371. The van der Waals surface area contributed by atoms with Gasteiger partial charge < -0.3 is 20.9 Å². The van der Waals surface area contributed by atoms with Crippen molar-refractivity contribution in [2.45, 2.75) is 52.4 Å². The van der Waals surface area contributed by atoms with Gasteiger partial charge in [0.15, 0.2) is 11.5 Å². The van der Waals surface area contributed by atoms with E-state index < -0.39 is 0 Å². The number of aryl methyl sites for hydroxylation is 5. The normalized spacial score (nSPS) is 12.9. The van der Waals surface area contributed by atoms with Gasteiger partial charge in [0.1, 0.15) is 11.3 Å². The molecule has 0 amide bonds. The number of amidine groups is 1. The van der Waals surface area contributed by atoms with Crippen LogP contribution in [0.2, 0.25) is 0 Å². The van der Waals surface area contributed by atoms with Gasteiger partial charge in [0.25, 0.3) is 0 Å². The number of fused-ring (bicyclic) bond motifs is 2. The zero-order valence-corrected chi connectivity index (χ0v) is 22.4. The summed E-state index contributed by atoms with van der Waals surface area (Å²) < 4.78 is 7.22. The molecule has 194 valence electrons. The number of rotatable bonds is 7. The molecule has 4 N–H and O–H groups in total. The van der Waals surface area contributed by atoms with Crippen LogP contribution in [0.4, 0.5) is 0 Å². The van der Waals surface area contributed by atoms with Gasteiger partial charge in [-0.3, -0.25) is 0 Å². The predicted molar refractivity (Wildman–Crippen MR) is 152 cm³/mol. The van der Waals surface area contributed by atoms with Crippen LogP contribution in [-0.2, 0) is 37.5 Å². The summed E-state index contributed by atoms with van der Waals surface area (Å²) in [5.41, 5.74) is 16.3. The van der Waals surface area contributed by atoms with E-state index in [4.69, 9.17) is 26.3 Å². The number of nitrogens with two attached hydrogens (primary N) is 2. The van der Waals surface area contributed by atoms with Crippen LogP contribution in [0.1, 0.15) is 53.5 Å². The summed E-state index contributed by atoms with van der Waals surface area (Å²) in [7, 11) is 3.77. The number of hydrogen-bond acceptors (Lipinski definition) is 5. The molecule has 0 saturated carbocycles. The lowest BCUT2D eigenvalue weighted by Crippen LogP contribution is -2.16. The van der Waals surface area contributed by atoms with E-state index in [0.717, 1.165) is 53.1 Å². The molecular weight excluding hydrogens is 460 g/mol. The minimum absolute atomic E-state index is 0.371. The van der Waals surface area contributed by atoms with Crippen molar-refractivity contribution in [2.24, 2.45) is 23.7 Å². The largest absolute Gasteiger partial charge is 0.384 e. The van der Waals surface area contributed by atoms with Gasteiger partial charge in [-0.1, -0.05) is 49.4 Å². The number of imidazole rings is 1. The SMILES string of the molecule is CCCc1nc2c(C)cc(CCOC)nc2n1C.N/N=C(\N)c1ccccc1-c1ccc2c(c1)CCC2. The fourth-order valence-electron chi connectivity index (χ4n) is 4.96. The fourth-order valence-corrected chi connectivity index (χ4v) is 4.96.